The van der Waals surface area contributed by atoms with Gasteiger partial charge < -0.3 is 10.6 Å². The molecule has 100 valence electrons. The van der Waals surface area contributed by atoms with E-state index in [9.17, 15) is 4.79 Å². The maximum Gasteiger partial charge on any atom is 0.319 e. The molecule has 0 unspecified atom stereocenters. The summed E-state index contributed by atoms with van der Waals surface area (Å²) in [4.78, 5) is 11.8. The van der Waals surface area contributed by atoms with E-state index >= 15 is 0 Å². The van der Waals surface area contributed by atoms with Crippen molar-refractivity contribution in [3.63, 3.8) is 0 Å². The predicted octanol–water partition coefficient (Wildman–Crippen LogP) is 4.52. The van der Waals surface area contributed by atoms with Crippen molar-refractivity contribution >= 4 is 38.4 Å². The van der Waals surface area contributed by atoms with Crippen LogP contribution in [0.5, 0.6) is 0 Å². The molecule has 2 aromatic rings. The van der Waals surface area contributed by atoms with E-state index in [-0.39, 0.29) is 6.03 Å². The molecule has 2 rings (SSSR count). The van der Waals surface area contributed by atoms with E-state index in [1.807, 2.05) is 36.4 Å². The Labute approximate surface area is 121 Å². The fourth-order valence-corrected chi connectivity index (χ4v) is 2.39. The van der Waals surface area contributed by atoms with Gasteiger partial charge in [0.15, 0.2) is 0 Å². The first-order valence-electron chi connectivity index (χ1n) is 6.44. The van der Waals surface area contributed by atoms with Gasteiger partial charge in [-0.3, -0.25) is 0 Å². The lowest BCUT2D eigenvalue weighted by Crippen LogP contribution is -2.29. The zero-order valence-electron chi connectivity index (χ0n) is 10.9. The number of nitrogens with one attached hydrogen (secondary N) is 2. The number of hydrogen-bond acceptors (Lipinski definition) is 1. The van der Waals surface area contributed by atoms with Crippen LogP contribution in [0.4, 0.5) is 10.5 Å². The lowest BCUT2D eigenvalue weighted by Gasteiger charge is -2.10. The Morgan fingerprint density at radius 1 is 1.16 bits per heavy atom. The molecule has 0 aliphatic rings. The topological polar surface area (TPSA) is 41.1 Å². The van der Waals surface area contributed by atoms with E-state index in [2.05, 4.69) is 33.5 Å². The standard InChI is InChI=1S/C15H17BrN2O/c1-2-3-10-17-15(19)18-14-9-8-13(16)11-6-4-5-7-12(11)14/h4-9H,2-3,10H2,1H3,(H2,17,18,19). The number of urea groups is 1. The number of carbonyl (C=O) groups is 1. The van der Waals surface area contributed by atoms with Crippen LogP contribution in [-0.2, 0) is 0 Å². The van der Waals surface area contributed by atoms with Crippen LogP contribution in [0, 0.1) is 0 Å². The third-order valence-corrected chi connectivity index (χ3v) is 3.63. The van der Waals surface area contributed by atoms with Gasteiger partial charge in [-0.2, -0.15) is 0 Å². The lowest BCUT2D eigenvalue weighted by atomic mass is 10.1. The first-order chi connectivity index (χ1) is 9.22. The molecule has 0 heterocycles. The molecule has 2 amide bonds. The van der Waals surface area contributed by atoms with Crippen LogP contribution in [0.25, 0.3) is 10.8 Å². The zero-order valence-corrected chi connectivity index (χ0v) is 12.5. The van der Waals surface area contributed by atoms with Crippen molar-refractivity contribution < 1.29 is 4.79 Å². The van der Waals surface area contributed by atoms with Crippen molar-refractivity contribution in [3.8, 4) is 0 Å². The molecule has 0 atom stereocenters. The molecule has 2 aromatic carbocycles. The maximum atomic E-state index is 11.8. The molecule has 0 aliphatic heterocycles. The van der Waals surface area contributed by atoms with Gasteiger partial charge in [0, 0.05) is 16.4 Å². The average Bonchev–Trinajstić information content (AvgIpc) is 2.43. The number of anilines is 1. The Morgan fingerprint density at radius 3 is 2.63 bits per heavy atom. The van der Waals surface area contributed by atoms with E-state index in [4.69, 9.17) is 0 Å². The highest BCUT2D eigenvalue weighted by Gasteiger charge is 2.06. The van der Waals surface area contributed by atoms with Crippen LogP contribution < -0.4 is 10.6 Å². The SMILES string of the molecule is CCCCNC(=O)Nc1ccc(Br)c2ccccc12. The van der Waals surface area contributed by atoms with E-state index < -0.39 is 0 Å². The van der Waals surface area contributed by atoms with Crippen LogP contribution in [0.1, 0.15) is 19.8 Å². The second-order valence-electron chi connectivity index (χ2n) is 4.37. The van der Waals surface area contributed by atoms with Gasteiger partial charge in [-0.05, 0) is 23.9 Å². The van der Waals surface area contributed by atoms with Crippen LogP contribution >= 0.6 is 15.9 Å². The average molecular weight is 321 g/mol. The van der Waals surface area contributed by atoms with Crippen molar-refractivity contribution in [2.75, 3.05) is 11.9 Å². The Bertz CT molecular complexity index is 583. The minimum Gasteiger partial charge on any atom is -0.338 e. The molecule has 0 aromatic heterocycles. The summed E-state index contributed by atoms with van der Waals surface area (Å²) in [7, 11) is 0. The summed E-state index contributed by atoms with van der Waals surface area (Å²) in [6.45, 7) is 2.80. The molecule has 0 bridgehead atoms. The van der Waals surface area contributed by atoms with Gasteiger partial charge >= 0.3 is 6.03 Å². The minimum absolute atomic E-state index is 0.152. The fourth-order valence-electron chi connectivity index (χ4n) is 1.92. The molecule has 0 saturated carbocycles. The molecule has 0 spiro atoms. The number of fused-ring (bicyclic) bond motifs is 1. The minimum atomic E-state index is -0.152. The third kappa shape index (κ3) is 3.47. The van der Waals surface area contributed by atoms with E-state index in [1.54, 1.807) is 0 Å². The smallest absolute Gasteiger partial charge is 0.319 e. The summed E-state index contributed by atoms with van der Waals surface area (Å²) in [5.41, 5.74) is 0.827. The summed E-state index contributed by atoms with van der Waals surface area (Å²) in [6, 6.07) is 11.7. The van der Waals surface area contributed by atoms with Gasteiger partial charge in [0.05, 0.1) is 5.69 Å². The molecule has 0 aliphatic carbocycles. The number of hydrogen-bond donors (Lipinski definition) is 2. The Balaban J connectivity index is 2.17. The van der Waals surface area contributed by atoms with Crippen molar-refractivity contribution in [2.45, 2.75) is 19.8 Å². The van der Waals surface area contributed by atoms with E-state index in [0.717, 1.165) is 33.8 Å². The maximum absolute atomic E-state index is 11.8. The fraction of sp³-hybridized carbons (Fsp3) is 0.267. The second-order valence-corrected chi connectivity index (χ2v) is 5.23. The van der Waals surface area contributed by atoms with Gasteiger partial charge in [0.2, 0.25) is 0 Å². The Hall–Kier alpha value is -1.55. The van der Waals surface area contributed by atoms with Crippen LogP contribution in [-0.4, -0.2) is 12.6 Å². The summed E-state index contributed by atoms with van der Waals surface area (Å²) in [5, 5.41) is 7.87. The first-order valence-corrected chi connectivity index (χ1v) is 7.23. The highest BCUT2D eigenvalue weighted by Crippen LogP contribution is 2.29. The lowest BCUT2D eigenvalue weighted by molar-refractivity contribution is 0.252. The van der Waals surface area contributed by atoms with Gasteiger partial charge in [-0.1, -0.05) is 53.5 Å². The summed E-state index contributed by atoms with van der Waals surface area (Å²) in [5.74, 6) is 0. The quantitative estimate of drug-likeness (QED) is 0.799. The van der Waals surface area contributed by atoms with Gasteiger partial charge in [-0.15, -0.1) is 0 Å². The monoisotopic (exact) mass is 320 g/mol. The highest BCUT2D eigenvalue weighted by atomic mass is 79.9. The highest BCUT2D eigenvalue weighted by molar-refractivity contribution is 9.10. The number of carbonyl (C=O) groups excluding carboxylic acids is 1. The number of halogens is 1. The van der Waals surface area contributed by atoms with Crippen molar-refractivity contribution in [1.29, 1.82) is 0 Å². The van der Waals surface area contributed by atoms with Crippen molar-refractivity contribution in [2.24, 2.45) is 0 Å². The summed E-state index contributed by atoms with van der Waals surface area (Å²) in [6.07, 6.45) is 2.07. The van der Waals surface area contributed by atoms with Crippen LogP contribution in [0.15, 0.2) is 40.9 Å². The first kappa shape index (κ1) is 13.9. The molecular formula is C15H17BrN2O. The number of amides is 2. The number of rotatable bonds is 4. The molecule has 2 N–H and O–H groups in total. The summed E-state index contributed by atoms with van der Waals surface area (Å²) >= 11 is 3.52. The molecule has 0 fully saturated rings. The predicted molar refractivity (Wildman–Crippen MR) is 83.6 cm³/mol. The van der Waals surface area contributed by atoms with Crippen molar-refractivity contribution in [1.82, 2.24) is 5.32 Å². The summed E-state index contributed by atoms with van der Waals surface area (Å²) < 4.78 is 1.03. The zero-order chi connectivity index (χ0) is 13.7. The largest absolute Gasteiger partial charge is 0.338 e. The molecule has 0 radical (unpaired) electrons. The van der Waals surface area contributed by atoms with E-state index in [1.165, 1.54) is 0 Å². The van der Waals surface area contributed by atoms with Gasteiger partial charge in [0.1, 0.15) is 0 Å². The van der Waals surface area contributed by atoms with Gasteiger partial charge in [-0.25, -0.2) is 4.79 Å². The molecule has 4 heteroatoms. The van der Waals surface area contributed by atoms with Crippen molar-refractivity contribution in [3.05, 3.63) is 40.9 Å². The second kappa shape index (κ2) is 6.57. The third-order valence-electron chi connectivity index (χ3n) is 2.93. The molecule has 3 nitrogen and oxygen atoms in total. The van der Waals surface area contributed by atoms with Crippen LogP contribution in [0.2, 0.25) is 0 Å². The van der Waals surface area contributed by atoms with Gasteiger partial charge in [0.25, 0.3) is 0 Å². The number of unbranched alkanes of at least 4 members (excludes halogenated alkanes) is 1. The Morgan fingerprint density at radius 2 is 1.89 bits per heavy atom. The van der Waals surface area contributed by atoms with E-state index in [0.29, 0.717) is 6.54 Å². The molecule has 19 heavy (non-hydrogen) atoms. The Kier molecular flexibility index (Phi) is 4.80. The number of benzene rings is 2. The normalized spacial score (nSPS) is 10.4. The molecule has 0 saturated heterocycles. The molecular weight excluding hydrogens is 304 g/mol. The van der Waals surface area contributed by atoms with Crippen LogP contribution in [0.3, 0.4) is 0 Å².